The summed E-state index contributed by atoms with van der Waals surface area (Å²) in [5.74, 6) is 1.93. The van der Waals surface area contributed by atoms with Crippen LogP contribution in [0.25, 0.3) is 22.4 Å². The minimum atomic E-state index is 0.149. The summed E-state index contributed by atoms with van der Waals surface area (Å²) in [4.78, 5) is 32.0. The van der Waals surface area contributed by atoms with Gasteiger partial charge in [-0.1, -0.05) is 18.2 Å². The van der Waals surface area contributed by atoms with Crippen LogP contribution in [0.4, 0.5) is 0 Å². The number of rotatable bonds is 4. The quantitative estimate of drug-likeness (QED) is 0.570. The Bertz CT molecular complexity index is 1220. The second-order valence-corrected chi connectivity index (χ2v) is 7.98. The molecule has 1 N–H and O–H groups in total. The van der Waals surface area contributed by atoms with Gasteiger partial charge in [0.2, 0.25) is 5.91 Å². The van der Waals surface area contributed by atoms with E-state index in [0.717, 1.165) is 52.5 Å². The number of benzene rings is 1. The molecule has 1 saturated heterocycles. The van der Waals surface area contributed by atoms with Gasteiger partial charge in [0.15, 0.2) is 5.82 Å². The van der Waals surface area contributed by atoms with Crippen molar-refractivity contribution in [1.82, 2.24) is 29.4 Å². The molecule has 7 nitrogen and oxygen atoms in total. The van der Waals surface area contributed by atoms with Crippen molar-refractivity contribution in [3.05, 3.63) is 66.0 Å². The Balaban J connectivity index is 1.33. The van der Waals surface area contributed by atoms with E-state index in [9.17, 15) is 4.79 Å². The van der Waals surface area contributed by atoms with Gasteiger partial charge in [-0.3, -0.25) is 4.79 Å². The summed E-state index contributed by atoms with van der Waals surface area (Å²) in [6.45, 7) is 3.37. The Morgan fingerprint density at radius 1 is 1.27 bits per heavy atom. The van der Waals surface area contributed by atoms with Gasteiger partial charge in [-0.15, -0.1) is 0 Å². The van der Waals surface area contributed by atoms with Crippen molar-refractivity contribution in [3.8, 4) is 11.5 Å². The molecular weight excluding hydrogens is 376 g/mol. The summed E-state index contributed by atoms with van der Waals surface area (Å²) in [5.41, 5.74) is 3.85. The van der Waals surface area contributed by atoms with Gasteiger partial charge < -0.3 is 14.5 Å². The maximum Gasteiger partial charge on any atom is 0.227 e. The van der Waals surface area contributed by atoms with Crippen LogP contribution in [-0.4, -0.2) is 48.4 Å². The zero-order valence-electron chi connectivity index (χ0n) is 17.2. The average Bonchev–Trinajstić information content (AvgIpc) is 3.47. The number of hydrogen-bond donors (Lipinski definition) is 1. The Morgan fingerprint density at radius 3 is 2.97 bits per heavy atom. The van der Waals surface area contributed by atoms with Crippen LogP contribution in [-0.2, 0) is 18.3 Å². The van der Waals surface area contributed by atoms with E-state index in [0.29, 0.717) is 13.0 Å². The highest BCUT2D eigenvalue weighted by atomic mass is 16.2. The predicted molar refractivity (Wildman–Crippen MR) is 115 cm³/mol. The van der Waals surface area contributed by atoms with E-state index in [-0.39, 0.29) is 11.8 Å². The number of para-hydroxylation sites is 1. The average molecular weight is 400 g/mol. The SMILES string of the molecule is Cc1cc(-c2nccn2C)nc(C2CCN(C(=O)Cc3c[nH]c4ccccc34)C2)n1. The maximum absolute atomic E-state index is 13.0. The monoisotopic (exact) mass is 400 g/mol. The topological polar surface area (TPSA) is 79.7 Å². The number of aryl methyl sites for hydroxylation is 2. The lowest BCUT2D eigenvalue weighted by atomic mass is 10.1. The molecule has 152 valence electrons. The first kappa shape index (κ1) is 18.5. The van der Waals surface area contributed by atoms with E-state index in [2.05, 4.69) is 21.0 Å². The molecule has 1 aliphatic heterocycles. The Hall–Kier alpha value is -3.48. The lowest BCUT2D eigenvalue weighted by molar-refractivity contribution is -0.129. The highest BCUT2D eigenvalue weighted by Crippen LogP contribution is 2.28. The van der Waals surface area contributed by atoms with Crippen molar-refractivity contribution in [2.45, 2.75) is 25.7 Å². The Morgan fingerprint density at radius 2 is 2.13 bits per heavy atom. The van der Waals surface area contributed by atoms with Crippen LogP contribution in [0.1, 0.15) is 29.4 Å². The van der Waals surface area contributed by atoms with E-state index in [1.807, 2.05) is 60.1 Å². The maximum atomic E-state index is 13.0. The van der Waals surface area contributed by atoms with Gasteiger partial charge in [0, 0.05) is 61.2 Å². The number of fused-ring (bicyclic) bond motifs is 1. The molecule has 0 bridgehead atoms. The van der Waals surface area contributed by atoms with E-state index < -0.39 is 0 Å². The van der Waals surface area contributed by atoms with Crippen molar-refractivity contribution in [1.29, 1.82) is 0 Å². The van der Waals surface area contributed by atoms with Gasteiger partial charge >= 0.3 is 0 Å². The fourth-order valence-electron chi connectivity index (χ4n) is 4.25. The third-order valence-corrected chi connectivity index (χ3v) is 5.84. The van der Waals surface area contributed by atoms with Gasteiger partial charge in [-0.2, -0.15) is 0 Å². The van der Waals surface area contributed by atoms with Crippen LogP contribution in [0.3, 0.4) is 0 Å². The van der Waals surface area contributed by atoms with Gasteiger partial charge in [0.25, 0.3) is 0 Å². The normalized spacial score (nSPS) is 16.5. The third-order valence-electron chi connectivity index (χ3n) is 5.84. The van der Waals surface area contributed by atoms with E-state index in [4.69, 9.17) is 4.98 Å². The molecule has 1 aliphatic rings. The number of H-pyrrole nitrogens is 1. The first-order chi connectivity index (χ1) is 14.6. The molecule has 1 fully saturated rings. The number of aromatic amines is 1. The summed E-state index contributed by atoms with van der Waals surface area (Å²) < 4.78 is 1.96. The smallest absolute Gasteiger partial charge is 0.227 e. The van der Waals surface area contributed by atoms with Crippen LogP contribution in [0.5, 0.6) is 0 Å². The summed E-state index contributed by atoms with van der Waals surface area (Å²) in [7, 11) is 1.96. The summed E-state index contributed by atoms with van der Waals surface area (Å²) in [6.07, 6.45) is 6.91. The molecule has 0 spiro atoms. The molecule has 0 aliphatic carbocycles. The molecule has 1 unspecified atom stereocenters. The standard InChI is InChI=1S/C23H24N6O/c1-15-11-20(23-24-8-10-28(23)2)27-22(26-15)16-7-9-29(14-16)21(30)12-17-13-25-19-6-4-3-5-18(17)19/h3-6,8,10-11,13,16,25H,7,9,12,14H2,1-2H3. The van der Waals surface area contributed by atoms with Crippen LogP contribution < -0.4 is 0 Å². The largest absolute Gasteiger partial charge is 0.361 e. The van der Waals surface area contributed by atoms with Crippen LogP contribution in [0.15, 0.2) is 48.9 Å². The second-order valence-electron chi connectivity index (χ2n) is 7.98. The number of nitrogens with one attached hydrogen (secondary N) is 1. The molecular formula is C23H24N6O. The molecule has 1 atom stereocenters. The summed E-state index contributed by atoms with van der Waals surface area (Å²) in [5, 5.41) is 1.11. The third kappa shape index (κ3) is 3.36. The fraction of sp³-hybridized carbons (Fsp3) is 0.304. The van der Waals surface area contributed by atoms with Crippen molar-refractivity contribution in [3.63, 3.8) is 0 Å². The van der Waals surface area contributed by atoms with Gasteiger partial charge in [-0.05, 0) is 31.0 Å². The van der Waals surface area contributed by atoms with Crippen molar-refractivity contribution in [2.75, 3.05) is 13.1 Å². The molecule has 5 rings (SSSR count). The Kier molecular flexibility index (Phi) is 4.58. The molecule has 30 heavy (non-hydrogen) atoms. The lowest BCUT2D eigenvalue weighted by Crippen LogP contribution is -2.30. The van der Waals surface area contributed by atoms with Gasteiger partial charge in [0.1, 0.15) is 11.5 Å². The number of carbonyl (C=O) groups excluding carboxylic acids is 1. The van der Waals surface area contributed by atoms with Crippen molar-refractivity contribution >= 4 is 16.8 Å². The Labute approximate surface area is 174 Å². The zero-order chi connectivity index (χ0) is 20.7. The molecule has 1 aromatic carbocycles. The number of likely N-dealkylation sites (tertiary alicyclic amines) is 1. The van der Waals surface area contributed by atoms with Crippen molar-refractivity contribution in [2.24, 2.45) is 7.05 Å². The minimum absolute atomic E-state index is 0.149. The lowest BCUT2D eigenvalue weighted by Gasteiger charge is -2.16. The molecule has 3 aromatic heterocycles. The number of carbonyl (C=O) groups is 1. The zero-order valence-corrected chi connectivity index (χ0v) is 17.2. The second kappa shape index (κ2) is 7.40. The highest BCUT2D eigenvalue weighted by molar-refractivity contribution is 5.89. The first-order valence-corrected chi connectivity index (χ1v) is 10.2. The van der Waals surface area contributed by atoms with Gasteiger partial charge in [0.05, 0.1) is 6.42 Å². The van der Waals surface area contributed by atoms with Gasteiger partial charge in [-0.25, -0.2) is 15.0 Å². The number of imidazole rings is 1. The summed E-state index contributed by atoms with van der Waals surface area (Å²) in [6, 6.07) is 10.0. The van der Waals surface area contributed by atoms with E-state index >= 15 is 0 Å². The predicted octanol–water partition coefficient (Wildman–Crippen LogP) is 3.23. The molecule has 7 heteroatoms. The number of hydrogen-bond acceptors (Lipinski definition) is 4. The number of nitrogens with zero attached hydrogens (tertiary/aromatic N) is 5. The van der Waals surface area contributed by atoms with Crippen molar-refractivity contribution < 1.29 is 4.79 Å². The summed E-state index contributed by atoms with van der Waals surface area (Å²) >= 11 is 0. The van der Waals surface area contributed by atoms with E-state index in [1.54, 1.807) is 6.20 Å². The van der Waals surface area contributed by atoms with Crippen LogP contribution >= 0.6 is 0 Å². The molecule has 0 saturated carbocycles. The molecule has 1 amide bonds. The minimum Gasteiger partial charge on any atom is -0.361 e. The van der Waals surface area contributed by atoms with Crippen LogP contribution in [0.2, 0.25) is 0 Å². The molecule has 0 radical (unpaired) electrons. The number of amides is 1. The first-order valence-electron chi connectivity index (χ1n) is 10.2. The molecule has 4 heterocycles. The van der Waals surface area contributed by atoms with E-state index in [1.165, 1.54) is 0 Å². The highest BCUT2D eigenvalue weighted by Gasteiger charge is 2.30. The fourth-order valence-corrected chi connectivity index (χ4v) is 4.25. The van der Waals surface area contributed by atoms with Crippen LogP contribution in [0, 0.1) is 6.92 Å². The number of aromatic nitrogens is 5. The molecule has 4 aromatic rings.